The first kappa shape index (κ1) is 30.7. The lowest BCUT2D eigenvalue weighted by Crippen LogP contribution is -2.33. The van der Waals surface area contributed by atoms with Crippen LogP contribution in [0.4, 0.5) is 14.7 Å². The average molecular weight is 579 g/mol. The van der Waals surface area contributed by atoms with Crippen molar-refractivity contribution >= 4 is 22.0 Å². The summed E-state index contributed by atoms with van der Waals surface area (Å²) >= 11 is 0. The Labute approximate surface area is 231 Å². The number of alkyl halides is 2. The number of carboxylic acids is 1. The lowest BCUT2D eigenvalue weighted by molar-refractivity contribution is -0.138. The van der Waals surface area contributed by atoms with E-state index in [1.54, 1.807) is 51.1 Å². The first-order valence-corrected chi connectivity index (χ1v) is 13.6. The summed E-state index contributed by atoms with van der Waals surface area (Å²) < 4.78 is 63.7. The molecular formula is C27H32F2N4O6S. The zero-order valence-corrected chi connectivity index (χ0v) is 23.7. The molecule has 0 aliphatic carbocycles. The normalized spacial score (nSPS) is 11.7. The molecular weight excluding hydrogens is 546 g/mol. The monoisotopic (exact) mass is 578 g/mol. The van der Waals surface area contributed by atoms with Crippen molar-refractivity contribution in [2.45, 2.75) is 52.0 Å². The molecule has 1 aromatic heterocycles. The van der Waals surface area contributed by atoms with Gasteiger partial charge in [0.2, 0.25) is 11.8 Å². The van der Waals surface area contributed by atoms with Gasteiger partial charge in [-0.1, -0.05) is 29.8 Å². The summed E-state index contributed by atoms with van der Waals surface area (Å²) in [5, 5.41) is 9.06. The second kappa shape index (κ2) is 12.6. The molecule has 0 spiro atoms. The van der Waals surface area contributed by atoms with Crippen LogP contribution in [-0.4, -0.2) is 61.0 Å². The average Bonchev–Trinajstić information content (AvgIpc) is 2.79. The van der Waals surface area contributed by atoms with Crippen LogP contribution in [0.25, 0.3) is 0 Å². The zero-order chi connectivity index (χ0) is 29.8. The molecule has 0 atom stereocenters. The van der Waals surface area contributed by atoms with Gasteiger partial charge >= 0.3 is 16.1 Å². The third-order valence-electron chi connectivity index (χ3n) is 6.12. The molecule has 216 valence electrons. The van der Waals surface area contributed by atoms with Crippen molar-refractivity contribution in [2.75, 3.05) is 25.9 Å². The van der Waals surface area contributed by atoms with Gasteiger partial charge in [-0.15, -0.1) is 0 Å². The summed E-state index contributed by atoms with van der Waals surface area (Å²) in [4.78, 5) is 20.5. The van der Waals surface area contributed by atoms with Crippen LogP contribution in [0.2, 0.25) is 0 Å². The first-order chi connectivity index (χ1) is 18.7. The maximum Gasteiger partial charge on any atom is 0.341 e. The number of carboxylic acid groups (broad SMARTS) is 1. The van der Waals surface area contributed by atoms with Crippen molar-refractivity contribution in [1.82, 2.24) is 14.9 Å². The van der Waals surface area contributed by atoms with Crippen molar-refractivity contribution in [3.05, 3.63) is 69.4 Å². The highest BCUT2D eigenvalue weighted by molar-refractivity contribution is 7.87. The van der Waals surface area contributed by atoms with Crippen LogP contribution in [0.5, 0.6) is 11.6 Å². The Hall–Kier alpha value is -3.84. The molecule has 1 heterocycles. The van der Waals surface area contributed by atoms with Crippen molar-refractivity contribution in [3.8, 4) is 11.6 Å². The molecule has 0 bridgehead atoms. The smallest absolute Gasteiger partial charge is 0.341 e. The molecule has 0 unspecified atom stereocenters. The molecule has 10 nitrogen and oxygen atoms in total. The molecule has 0 aliphatic rings. The van der Waals surface area contributed by atoms with E-state index in [1.807, 2.05) is 6.92 Å². The Morgan fingerprint density at radius 1 is 1.10 bits per heavy atom. The maximum atomic E-state index is 13.4. The van der Waals surface area contributed by atoms with Crippen LogP contribution in [0, 0.1) is 27.7 Å². The number of halogens is 2. The number of aliphatic carboxylic acids is 1. The number of nitrogen functional groups attached to an aromatic ring is 1. The Morgan fingerprint density at radius 2 is 1.75 bits per heavy atom. The SMILES string of the molecule is COc1cc(CN(CC(=O)O)CC(F)F)ccc1Cc1c(C)nc(N)nc1OS(=O)(=O)c1c(C)cc(C)cc1C. The van der Waals surface area contributed by atoms with E-state index in [0.717, 1.165) is 10.5 Å². The molecule has 0 amide bonds. The summed E-state index contributed by atoms with van der Waals surface area (Å²) in [6.45, 7) is 5.58. The van der Waals surface area contributed by atoms with Gasteiger partial charge in [-0.05, 0) is 56.0 Å². The van der Waals surface area contributed by atoms with E-state index >= 15 is 0 Å². The van der Waals surface area contributed by atoms with Crippen LogP contribution in [-0.2, 0) is 27.9 Å². The fourth-order valence-corrected chi connectivity index (χ4v) is 5.96. The van der Waals surface area contributed by atoms with Gasteiger partial charge in [-0.3, -0.25) is 9.69 Å². The molecule has 3 aromatic rings. The quantitative estimate of drug-likeness (QED) is 0.304. The summed E-state index contributed by atoms with van der Waals surface area (Å²) in [5.41, 5.74) is 9.70. The predicted molar refractivity (Wildman–Crippen MR) is 144 cm³/mol. The molecule has 0 aliphatic heterocycles. The van der Waals surface area contributed by atoms with Crippen molar-refractivity contribution in [2.24, 2.45) is 0 Å². The lowest BCUT2D eigenvalue weighted by atomic mass is 10.0. The number of aryl methyl sites for hydroxylation is 4. The summed E-state index contributed by atoms with van der Waals surface area (Å²) in [6, 6.07) is 8.43. The van der Waals surface area contributed by atoms with Gasteiger partial charge in [0.1, 0.15) is 10.6 Å². The van der Waals surface area contributed by atoms with Gasteiger partial charge < -0.3 is 19.8 Å². The molecule has 40 heavy (non-hydrogen) atoms. The van der Waals surface area contributed by atoms with E-state index in [-0.39, 0.29) is 29.7 Å². The molecule has 0 saturated heterocycles. The third-order valence-corrected chi connectivity index (χ3v) is 7.64. The van der Waals surface area contributed by atoms with E-state index in [1.165, 1.54) is 7.11 Å². The van der Waals surface area contributed by atoms with Crippen molar-refractivity contribution < 1.29 is 36.0 Å². The summed E-state index contributed by atoms with van der Waals surface area (Å²) in [6.07, 6.45) is -2.60. The number of hydrogen-bond donors (Lipinski definition) is 2. The maximum absolute atomic E-state index is 13.4. The summed E-state index contributed by atoms with van der Waals surface area (Å²) in [5.74, 6) is -1.23. The van der Waals surface area contributed by atoms with Gasteiger partial charge in [0.15, 0.2) is 0 Å². The molecule has 3 rings (SSSR count). The van der Waals surface area contributed by atoms with Gasteiger partial charge in [0.05, 0.1) is 25.9 Å². The summed E-state index contributed by atoms with van der Waals surface area (Å²) in [7, 11) is -2.86. The minimum Gasteiger partial charge on any atom is -0.496 e. The molecule has 0 fully saturated rings. The fraction of sp³-hybridized carbons (Fsp3) is 0.370. The topological polar surface area (TPSA) is 145 Å². The largest absolute Gasteiger partial charge is 0.496 e. The van der Waals surface area contributed by atoms with Crippen LogP contribution in [0.15, 0.2) is 35.2 Å². The van der Waals surface area contributed by atoms with E-state index in [4.69, 9.17) is 19.8 Å². The molecule has 3 N–H and O–H groups in total. The van der Waals surface area contributed by atoms with Crippen molar-refractivity contribution in [1.29, 1.82) is 0 Å². The fourth-order valence-electron chi connectivity index (χ4n) is 4.62. The predicted octanol–water partition coefficient (Wildman–Crippen LogP) is 3.81. The zero-order valence-electron chi connectivity index (χ0n) is 22.9. The van der Waals surface area contributed by atoms with Crippen LogP contribution >= 0.6 is 0 Å². The number of anilines is 1. The number of aromatic nitrogens is 2. The first-order valence-electron chi connectivity index (χ1n) is 12.2. The van der Waals surface area contributed by atoms with E-state index < -0.39 is 35.6 Å². The van der Waals surface area contributed by atoms with Crippen LogP contribution in [0.1, 0.15) is 39.1 Å². The number of nitrogens with two attached hydrogens (primary N) is 1. The Morgan fingerprint density at radius 3 is 2.33 bits per heavy atom. The van der Waals surface area contributed by atoms with Gasteiger partial charge in [0, 0.05) is 18.5 Å². The molecule has 0 radical (unpaired) electrons. The van der Waals surface area contributed by atoms with Gasteiger partial charge in [0.25, 0.3) is 6.43 Å². The molecule has 13 heteroatoms. The van der Waals surface area contributed by atoms with Crippen molar-refractivity contribution in [3.63, 3.8) is 0 Å². The number of rotatable bonds is 12. The second-order valence-electron chi connectivity index (χ2n) is 9.49. The number of hydrogen-bond acceptors (Lipinski definition) is 9. The molecule has 0 saturated carbocycles. The Balaban J connectivity index is 1.97. The minimum absolute atomic E-state index is 0.0375. The number of ether oxygens (including phenoxy) is 1. The highest BCUT2D eigenvalue weighted by atomic mass is 32.2. The van der Waals surface area contributed by atoms with Crippen LogP contribution in [0.3, 0.4) is 0 Å². The van der Waals surface area contributed by atoms with E-state index in [0.29, 0.717) is 39.3 Å². The van der Waals surface area contributed by atoms with Gasteiger partial charge in [-0.25, -0.2) is 13.8 Å². The van der Waals surface area contributed by atoms with E-state index in [9.17, 15) is 22.0 Å². The lowest BCUT2D eigenvalue weighted by Gasteiger charge is -2.21. The second-order valence-corrected chi connectivity index (χ2v) is 11.0. The standard InChI is InChI=1S/C27H32F2N4O6S/c1-15-8-16(2)25(17(3)9-15)40(36,37)39-26-21(18(4)31-27(30)32-26)11-20-7-6-19(10-22(20)38-5)12-33(13-23(28)29)14-24(34)35/h6-10,23H,11-14H2,1-5H3,(H,34,35)(H2,30,31,32). The number of carbonyl (C=O) groups is 1. The number of methoxy groups -OCH3 is 1. The highest BCUT2D eigenvalue weighted by Crippen LogP contribution is 2.32. The minimum atomic E-state index is -4.29. The number of nitrogens with zero attached hydrogens (tertiary/aromatic N) is 3. The third kappa shape index (κ3) is 7.63. The van der Waals surface area contributed by atoms with E-state index in [2.05, 4.69) is 9.97 Å². The van der Waals surface area contributed by atoms with Crippen LogP contribution < -0.4 is 14.7 Å². The highest BCUT2D eigenvalue weighted by Gasteiger charge is 2.26. The number of benzene rings is 2. The van der Waals surface area contributed by atoms with Gasteiger partial charge in [-0.2, -0.15) is 13.4 Å². The molecule has 2 aromatic carbocycles. The Bertz CT molecular complexity index is 1490. The Kier molecular flexibility index (Phi) is 9.64.